The first-order chi connectivity index (χ1) is 20.4. The maximum atomic E-state index is 15.7. The van der Waals surface area contributed by atoms with E-state index in [1.807, 2.05) is 36.4 Å². The van der Waals surface area contributed by atoms with Gasteiger partial charge < -0.3 is 0 Å². The van der Waals surface area contributed by atoms with E-state index in [-0.39, 0.29) is 34.1 Å². The minimum Gasteiger partial charge on any atom is -0.269 e. The van der Waals surface area contributed by atoms with E-state index in [2.05, 4.69) is 20.1 Å². The van der Waals surface area contributed by atoms with Gasteiger partial charge in [0.05, 0.1) is 47.2 Å². The number of hydrogen-bond donors (Lipinski definition) is 1. The van der Waals surface area contributed by atoms with Gasteiger partial charge in [0.1, 0.15) is 5.82 Å². The minimum absolute atomic E-state index is 0.151. The van der Waals surface area contributed by atoms with Crippen LogP contribution in [0.5, 0.6) is 0 Å². The Balaban J connectivity index is 1.40. The number of aromatic nitrogens is 4. The van der Waals surface area contributed by atoms with Crippen molar-refractivity contribution in [1.29, 1.82) is 0 Å². The van der Waals surface area contributed by atoms with Crippen LogP contribution in [0.3, 0.4) is 0 Å². The van der Waals surface area contributed by atoms with Crippen LogP contribution in [-0.4, -0.2) is 36.7 Å². The van der Waals surface area contributed by atoms with Gasteiger partial charge in [-0.25, -0.2) is 14.3 Å². The molecule has 0 atom stereocenters. The highest BCUT2D eigenvalue weighted by Crippen LogP contribution is 2.42. The Morgan fingerprint density at radius 2 is 1.60 bits per heavy atom. The molecule has 0 aliphatic carbocycles. The fourth-order valence-corrected chi connectivity index (χ4v) is 5.64. The number of aryl methyl sites for hydroxylation is 1. The molecule has 0 bridgehead atoms. The zero-order valence-electron chi connectivity index (χ0n) is 22.1. The van der Waals surface area contributed by atoms with Gasteiger partial charge in [-0.05, 0) is 40.6 Å². The van der Waals surface area contributed by atoms with E-state index in [0.29, 0.717) is 28.1 Å². The van der Waals surface area contributed by atoms with Crippen molar-refractivity contribution in [2.24, 2.45) is 7.05 Å². The van der Waals surface area contributed by atoms with Gasteiger partial charge in [0, 0.05) is 23.6 Å². The van der Waals surface area contributed by atoms with Crippen molar-refractivity contribution in [1.82, 2.24) is 24.9 Å². The fraction of sp³-hybridized carbons (Fsp3) is 0.0625. The summed E-state index contributed by atoms with van der Waals surface area (Å²) in [6, 6.07) is 20.6. The molecule has 1 aliphatic rings. The number of aromatic amines is 1. The number of hydrogen-bond acceptors (Lipinski definition) is 5. The van der Waals surface area contributed by atoms with Crippen molar-refractivity contribution in [3.05, 3.63) is 123 Å². The second-order valence-electron chi connectivity index (χ2n) is 9.95. The molecule has 0 saturated carbocycles. The molecule has 10 heteroatoms. The summed E-state index contributed by atoms with van der Waals surface area (Å²) in [5.74, 6) is -1.79. The summed E-state index contributed by atoms with van der Waals surface area (Å²) < 4.78 is 17.3. The number of rotatable bonds is 4. The molecule has 202 valence electrons. The average Bonchev–Trinajstić information content (AvgIpc) is 3.50. The molecule has 2 aromatic heterocycles. The van der Waals surface area contributed by atoms with E-state index in [9.17, 15) is 14.4 Å². The van der Waals surface area contributed by atoms with E-state index in [1.165, 1.54) is 6.07 Å². The number of benzene rings is 4. The number of halogens is 1. The van der Waals surface area contributed by atoms with Crippen LogP contribution in [0, 0.1) is 12.4 Å². The zero-order chi connectivity index (χ0) is 29.1. The average molecular weight is 555 g/mol. The van der Waals surface area contributed by atoms with Gasteiger partial charge in [0.15, 0.2) is 0 Å². The fourth-order valence-electron chi connectivity index (χ4n) is 5.64. The van der Waals surface area contributed by atoms with E-state index in [1.54, 1.807) is 48.3 Å². The van der Waals surface area contributed by atoms with Crippen LogP contribution in [0.15, 0.2) is 83.8 Å². The third-order valence-electron chi connectivity index (χ3n) is 7.62. The van der Waals surface area contributed by atoms with Gasteiger partial charge in [0.2, 0.25) is 5.69 Å². The van der Waals surface area contributed by atoms with E-state index in [4.69, 9.17) is 6.57 Å². The van der Waals surface area contributed by atoms with Gasteiger partial charge in [0.25, 0.3) is 17.4 Å². The summed E-state index contributed by atoms with van der Waals surface area (Å²) in [4.78, 5) is 43.6. The van der Waals surface area contributed by atoms with E-state index in [0.717, 1.165) is 15.7 Å². The van der Waals surface area contributed by atoms with E-state index >= 15 is 4.39 Å². The summed E-state index contributed by atoms with van der Waals surface area (Å²) >= 11 is 0. The third kappa shape index (κ3) is 3.64. The molecule has 1 aliphatic heterocycles. The topological polar surface area (TPSA) is 105 Å². The molecular weight excluding hydrogens is 535 g/mol. The van der Waals surface area contributed by atoms with Crippen molar-refractivity contribution in [2.75, 3.05) is 0 Å². The molecule has 0 unspecified atom stereocenters. The third-order valence-corrected chi connectivity index (χ3v) is 7.62. The number of nitrogens with zero attached hydrogens (tertiary/aromatic N) is 5. The molecule has 1 N–H and O–H groups in total. The number of carbonyl (C=O) groups excluding carboxylic acids is 2. The first-order valence-corrected chi connectivity index (χ1v) is 13.0. The van der Waals surface area contributed by atoms with Crippen molar-refractivity contribution >= 4 is 39.0 Å². The summed E-state index contributed by atoms with van der Waals surface area (Å²) in [5, 5.41) is 12.4. The maximum absolute atomic E-state index is 15.7. The normalized spacial score (nSPS) is 12.7. The van der Waals surface area contributed by atoms with Gasteiger partial charge in [-0.15, -0.1) is 0 Å². The molecule has 6 aromatic rings. The number of nitrogens with one attached hydrogen (secondary N) is 1. The Kier molecular flexibility index (Phi) is 5.55. The molecular formula is C32H19FN6O3. The Hall–Kier alpha value is -5.95. The quantitative estimate of drug-likeness (QED) is 0.225. The summed E-state index contributed by atoms with van der Waals surface area (Å²) in [6.45, 7) is 7.66. The first kappa shape index (κ1) is 25.0. The van der Waals surface area contributed by atoms with E-state index < -0.39 is 23.2 Å². The lowest BCUT2D eigenvalue weighted by atomic mass is 9.95. The molecule has 0 fully saturated rings. The highest BCUT2D eigenvalue weighted by Gasteiger charge is 2.36. The lowest BCUT2D eigenvalue weighted by Gasteiger charge is -2.15. The molecule has 4 aromatic carbocycles. The predicted molar refractivity (Wildman–Crippen MR) is 154 cm³/mol. The summed E-state index contributed by atoms with van der Waals surface area (Å²) in [7, 11) is 1.74. The van der Waals surface area contributed by atoms with Crippen molar-refractivity contribution in [3.8, 4) is 22.4 Å². The molecule has 42 heavy (non-hydrogen) atoms. The smallest absolute Gasteiger partial charge is 0.269 e. The SMILES string of the molecule is [C-]#[N+]c1c(-c2c(-c3cc(F)c4c(=O)[nH]nc(CN5C(=O)c6ccccc6C5=O)c4c3)cnn2C)ccc2ccccc12. The highest BCUT2D eigenvalue weighted by molar-refractivity contribution is 6.21. The molecule has 3 heterocycles. The molecule has 7 rings (SSSR count). The van der Waals surface area contributed by atoms with Crippen LogP contribution in [0.2, 0.25) is 0 Å². The molecule has 0 saturated heterocycles. The van der Waals surface area contributed by atoms with Gasteiger partial charge in [-0.2, -0.15) is 10.2 Å². The monoisotopic (exact) mass is 554 g/mol. The number of H-pyrrole nitrogens is 1. The zero-order valence-corrected chi connectivity index (χ0v) is 22.1. The summed E-state index contributed by atoms with van der Waals surface area (Å²) in [6.07, 6.45) is 1.57. The van der Waals surface area contributed by atoms with Gasteiger partial charge >= 0.3 is 0 Å². The van der Waals surface area contributed by atoms with Crippen LogP contribution in [0.4, 0.5) is 10.1 Å². The summed E-state index contributed by atoms with van der Waals surface area (Å²) in [5.41, 5.74) is 2.52. The van der Waals surface area contributed by atoms with Crippen molar-refractivity contribution in [2.45, 2.75) is 6.54 Å². The number of amides is 2. The Labute approximate surface area is 237 Å². The lowest BCUT2D eigenvalue weighted by molar-refractivity contribution is 0.0640. The molecule has 0 radical (unpaired) electrons. The standard InChI is InChI=1S/C32H19FN6O3/c1-34-28-19-8-4-3-7-17(19)11-12-22(28)29-24(15-35-38(29)2)18-13-23-26(36-37-30(40)27(23)25(33)14-18)16-39-31(41)20-9-5-6-10-21(20)32(39)42/h3-15H,16H2,2H3,(H,37,40). The Morgan fingerprint density at radius 3 is 2.33 bits per heavy atom. The molecule has 9 nitrogen and oxygen atoms in total. The lowest BCUT2D eigenvalue weighted by Crippen LogP contribution is -2.30. The number of fused-ring (bicyclic) bond motifs is 3. The second kappa shape index (κ2) is 9.31. The van der Waals surface area contributed by atoms with Crippen LogP contribution in [-0.2, 0) is 13.6 Å². The second-order valence-corrected chi connectivity index (χ2v) is 9.95. The van der Waals surface area contributed by atoms with Crippen molar-refractivity contribution < 1.29 is 14.0 Å². The first-order valence-electron chi connectivity index (χ1n) is 13.0. The van der Waals surface area contributed by atoms with Gasteiger partial charge in [-0.3, -0.25) is 24.0 Å². The maximum Gasteiger partial charge on any atom is 0.275 e. The van der Waals surface area contributed by atoms with Crippen LogP contribution in [0.25, 0.3) is 48.8 Å². The van der Waals surface area contributed by atoms with Crippen LogP contribution in [0.1, 0.15) is 26.4 Å². The largest absolute Gasteiger partial charge is 0.275 e. The van der Waals surface area contributed by atoms with Crippen LogP contribution >= 0.6 is 0 Å². The number of imide groups is 1. The Morgan fingerprint density at radius 1 is 0.881 bits per heavy atom. The molecule has 2 amide bonds. The highest BCUT2D eigenvalue weighted by atomic mass is 19.1. The predicted octanol–water partition coefficient (Wildman–Crippen LogP) is 5.63. The van der Waals surface area contributed by atoms with Crippen LogP contribution < -0.4 is 5.56 Å². The minimum atomic E-state index is -0.798. The van der Waals surface area contributed by atoms with Crippen molar-refractivity contribution in [3.63, 3.8) is 0 Å². The van der Waals surface area contributed by atoms with Gasteiger partial charge in [-0.1, -0.05) is 48.5 Å². The number of carbonyl (C=O) groups is 2. The molecule has 0 spiro atoms. The Bertz CT molecular complexity index is 2210.